The Hall–Kier alpha value is -3.23. The summed E-state index contributed by atoms with van der Waals surface area (Å²) in [5, 5.41) is 2.71. The highest BCUT2D eigenvalue weighted by atomic mass is 16.2. The van der Waals surface area contributed by atoms with Crippen LogP contribution in [0.1, 0.15) is 0 Å². The zero-order valence-corrected chi connectivity index (χ0v) is 12.6. The molecule has 3 aromatic heterocycles. The molecule has 1 amide bonds. The highest BCUT2D eigenvalue weighted by Gasteiger charge is 2.21. The SMILES string of the molecule is Cn1c(=O)c2c([nH]c[n+]2CC(=O)Nc2ccncc2)n(C)c1=O. The van der Waals surface area contributed by atoms with Gasteiger partial charge in [-0.15, -0.1) is 0 Å². The van der Waals surface area contributed by atoms with Crippen molar-refractivity contribution in [3.63, 3.8) is 0 Å². The number of carbonyl (C=O) groups excluding carboxylic acids is 1. The van der Waals surface area contributed by atoms with Gasteiger partial charge in [-0.1, -0.05) is 0 Å². The predicted octanol–water partition coefficient (Wildman–Crippen LogP) is -1.11. The number of aromatic amines is 1. The first kappa shape index (κ1) is 14.7. The lowest BCUT2D eigenvalue weighted by Gasteiger charge is -2.04. The van der Waals surface area contributed by atoms with Gasteiger partial charge in [-0.3, -0.25) is 23.7 Å². The Balaban J connectivity index is 1.97. The van der Waals surface area contributed by atoms with E-state index < -0.39 is 11.2 Å². The molecule has 0 aromatic carbocycles. The van der Waals surface area contributed by atoms with Crippen molar-refractivity contribution in [2.45, 2.75) is 6.54 Å². The Bertz CT molecular complexity index is 999. The summed E-state index contributed by atoms with van der Waals surface area (Å²) >= 11 is 0. The molecule has 0 fully saturated rings. The summed E-state index contributed by atoms with van der Waals surface area (Å²) in [6, 6.07) is 3.33. The van der Waals surface area contributed by atoms with E-state index in [1.165, 1.54) is 22.5 Å². The average molecular weight is 315 g/mol. The van der Waals surface area contributed by atoms with Crippen LogP contribution in [0.5, 0.6) is 0 Å². The summed E-state index contributed by atoms with van der Waals surface area (Å²) in [7, 11) is 2.96. The maximum atomic E-state index is 12.3. The quantitative estimate of drug-likeness (QED) is 0.598. The molecule has 0 aliphatic heterocycles. The molecule has 3 heterocycles. The predicted molar refractivity (Wildman–Crippen MR) is 81.8 cm³/mol. The smallest absolute Gasteiger partial charge is 0.323 e. The number of hydrogen-bond donors (Lipinski definition) is 2. The van der Waals surface area contributed by atoms with Gasteiger partial charge in [0.25, 0.3) is 17.1 Å². The first-order chi connectivity index (χ1) is 11.0. The number of fused-ring (bicyclic) bond motifs is 1. The molecule has 3 rings (SSSR count). The minimum Gasteiger partial charge on any atom is -0.323 e. The molecule has 2 N–H and O–H groups in total. The molecule has 118 valence electrons. The fourth-order valence-electron chi connectivity index (χ4n) is 2.37. The number of hydrogen-bond acceptors (Lipinski definition) is 4. The summed E-state index contributed by atoms with van der Waals surface area (Å²) in [6.07, 6.45) is 4.64. The van der Waals surface area contributed by atoms with Crippen LogP contribution in [-0.4, -0.2) is 25.0 Å². The van der Waals surface area contributed by atoms with E-state index in [0.29, 0.717) is 11.3 Å². The molecule has 9 nitrogen and oxygen atoms in total. The van der Waals surface area contributed by atoms with Crippen molar-refractivity contribution in [2.24, 2.45) is 14.1 Å². The van der Waals surface area contributed by atoms with E-state index in [1.54, 1.807) is 31.6 Å². The van der Waals surface area contributed by atoms with E-state index in [4.69, 9.17) is 0 Å². The van der Waals surface area contributed by atoms with E-state index in [0.717, 1.165) is 4.57 Å². The van der Waals surface area contributed by atoms with Gasteiger partial charge in [-0.25, -0.2) is 14.3 Å². The molecule has 23 heavy (non-hydrogen) atoms. The number of pyridine rings is 1. The zero-order chi connectivity index (χ0) is 16.6. The van der Waals surface area contributed by atoms with Crippen LogP contribution in [0.25, 0.3) is 11.2 Å². The summed E-state index contributed by atoms with van der Waals surface area (Å²) in [4.78, 5) is 43.0. The lowest BCUT2D eigenvalue weighted by atomic mass is 10.4. The topological polar surface area (TPSA) is 106 Å². The second kappa shape index (κ2) is 5.52. The molecule has 0 aliphatic rings. The third kappa shape index (κ3) is 2.52. The standard InChI is InChI=1S/C14H14N6O3/c1-18-12-11(13(22)19(2)14(18)23)20(8-16-12)7-10(21)17-9-3-5-15-6-4-9/h3-6,8H,7H2,1-2H3,(H,15,17,21)/p+1. The van der Waals surface area contributed by atoms with Crippen LogP contribution in [0.3, 0.4) is 0 Å². The van der Waals surface area contributed by atoms with E-state index in [2.05, 4.69) is 15.3 Å². The number of amides is 1. The zero-order valence-electron chi connectivity index (χ0n) is 12.6. The normalized spacial score (nSPS) is 10.9. The molecule has 3 aromatic rings. The number of aromatic nitrogens is 5. The first-order valence-corrected chi connectivity index (χ1v) is 6.85. The monoisotopic (exact) mass is 315 g/mol. The number of nitrogens with one attached hydrogen (secondary N) is 2. The number of carbonyl (C=O) groups is 1. The minimum absolute atomic E-state index is 0.0598. The van der Waals surface area contributed by atoms with Crippen molar-refractivity contribution in [1.82, 2.24) is 19.1 Å². The molecule has 0 radical (unpaired) electrons. The van der Waals surface area contributed by atoms with Crippen LogP contribution >= 0.6 is 0 Å². The highest BCUT2D eigenvalue weighted by Crippen LogP contribution is 2.03. The van der Waals surface area contributed by atoms with Crippen LogP contribution in [0.2, 0.25) is 0 Å². The lowest BCUT2D eigenvalue weighted by Crippen LogP contribution is -2.46. The van der Waals surface area contributed by atoms with Crippen LogP contribution in [0.4, 0.5) is 5.69 Å². The Kier molecular flexibility index (Phi) is 3.53. The van der Waals surface area contributed by atoms with Gasteiger partial charge in [-0.05, 0) is 12.1 Å². The fourth-order valence-corrected chi connectivity index (χ4v) is 2.37. The maximum Gasteiger partial charge on any atom is 0.333 e. The maximum absolute atomic E-state index is 12.3. The summed E-state index contributed by atoms with van der Waals surface area (Å²) in [6.45, 7) is -0.0598. The van der Waals surface area contributed by atoms with Crippen LogP contribution in [0.15, 0.2) is 40.4 Å². The third-order valence-corrected chi connectivity index (χ3v) is 3.56. The molecular weight excluding hydrogens is 300 g/mol. The molecular formula is C14H15N6O3+. The van der Waals surface area contributed by atoms with Crippen LogP contribution in [-0.2, 0) is 25.4 Å². The van der Waals surface area contributed by atoms with E-state index in [9.17, 15) is 14.4 Å². The lowest BCUT2D eigenvalue weighted by molar-refractivity contribution is -0.658. The van der Waals surface area contributed by atoms with E-state index in [1.807, 2.05) is 0 Å². The summed E-state index contributed by atoms with van der Waals surface area (Å²) in [5.41, 5.74) is 0.360. The van der Waals surface area contributed by atoms with Gasteiger partial charge >= 0.3 is 11.2 Å². The van der Waals surface area contributed by atoms with Gasteiger partial charge in [0.15, 0.2) is 6.54 Å². The second-order valence-electron chi connectivity index (χ2n) is 5.09. The van der Waals surface area contributed by atoms with Crippen molar-refractivity contribution in [1.29, 1.82) is 0 Å². The molecule has 0 atom stereocenters. The third-order valence-electron chi connectivity index (χ3n) is 3.56. The molecule has 0 saturated carbocycles. The highest BCUT2D eigenvalue weighted by molar-refractivity contribution is 5.89. The molecule has 0 unspecified atom stereocenters. The summed E-state index contributed by atoms with van der Waals surface area (Å²) in [5.74, 6) is -0.294. The van der Waals surface area contributed by atoms with Crippen molar-refractivity contribution < 1.29 is 9.36 Å². The molecule has 0 bridgehead atoms. The Labute approximate surface area is 129 Å². The van der Waals surface area contributed by atoms with Crippen molar-refractivity contribution in [3.05, 3.63) is 51.7 Å². The van der Waals surface area contributed by atoms with Gasteiger partial charge in [0.1, 0.15) is 0 Å². The number of aryl methyl sites for hydroxylation is 1. The van der Waals surface area contributed by atoms with Crippen molar-refractivity contribution in [3.8, 4) is 0 Å². The van der Waals surface area contributed by atoms with Crippen LogP contribution in [0, 0.1) is 0 Å². The van der Waals surface area contributed by atoms with Crippen LogP contribution < -0.4 is 21.1 Å². The minimum atomic E-state index is -0.457. The molecule has 9 heteroatoms. The number of imidazole rings is 1. The van der Waals surface area contributed by atoms with E-state index >= 15 is 0 Å². The number of nitrogens with zero attached hydrogens (tertiary/aromatic N) is 4. The largest absolute Gasteiger partial charge is 0.333 e. The number of H-pyrrole nitrogens is 1. The Morgan fingerprint density at radius 1 is 1.26 bits per heavy atom. The molecule has 0 aliphatic carbocycles. The summed E-state index contributed by atoms with van der Waals surface area (Å²) < 4.78 is 3.81. The Morgan fingerprint density at radius 2 is 1.96 bits per heavy atom. The number of anilines is 1. The number of rotatable bonds is 3. The van der Waals surface area contributed by atoms with Crippen molar-refractivity contribution >= 4 is 22.8 Å². The van der Waals surface area contributed by atoms with Gasteiger partial charge in [-0.2, -0.15) is 0 Å². The molecule has 0 saturated heterocycles. The second-order valence-corrected chi connectivity index (χ2v) is 5.09. The average Bonchev–Trinajstić information content (AvgIpc) is 2.95. The van der Waals surface area contributed by atoms with Gasteiger partial charge in [0.2, 0.25) is 6.33 Å². The Morgan fingerprint density at radius 3 is 2.65 bits per heavy atom. The van der Waals surface area contributed by atoms with Gasteiger partial charge in [0, 0.05) is 32.2 Å². The van der Waals surface area contributed by atoms with Gasteiger partial charge in [0.05, 0.1) is 0 Å². The van der Waals surface area contributed by atoms with Gasteiger partial charge < -0.3 is 5.32 Å². The first-order valence-electron chi connectivity index (χ1n) is 6.85. The molecule has 0 spiro atoms. The fraction of sp³-hybridized carbons (Fsp3) is 0.214. The van der Waals surface area contributed by atoms with E-state index in [-0.39, 0.29) is 18.0 Å². The van der Waals surface area contributed by atoms with Crippen molar-refractivity contribution in [2.75, 3.05) is 5.32 Å².